The Morgan fingerprint density at radius 3 is 2.50 bits per heavy atom. The minimum absolute atomic E-state index is 0.138. The van der Waals surface area contributed by atoms with Gasteiger partial charge < -0.3 is 5.32 Å². The molecule has 2 aromatic rings. The van der Waals surface area contributed by atoms with E-state index in [-0.39, 0.29) is 6.04 Å². The Balaban J connectivity index is 2.33. The number of hydrogen-bond donors (Lipinski definition) is 1. The highest BCUT2D eigenvalue weighted by atomic mass is 79.9. The van der Waals surface area contributed by atoms with Crippen molar-refractivity contribution >= 4 is 56.4 Å². The van der Waals surface area contributed by atoms with Crippen LogP contribution in [-0.2, 0) is 0 Å². The van der Waals surface area contributed by atoms with Gasteiger partial charge in [0.1, 0.15) is 5.82 Å². The van der Waals surface area contributed by atoms with Crippen molar-refractivity contribution in [1.82, 2.24) is 0 Å². The molecule has 0 aliphatic carbocycles. The first-order chi connectivity index (χ1) is 9.40. The van der Waals surface area contributed by atoms with Crippen LogP contribution < -0.4 is 5.32 Å². The fourth-order valence-corrected chi connectivity index (χ4v) is 3.22. The van der Waals surface area contributed by atoms with Crippen LogP contribution in [0.3, 0.4) is 0 Å². The van der Waals surface area contributed by atoms with E-state index in [4.69, 9.17) is 34.8 Å². The molecule has 0 aliphatic heterocycles. The van der Waals surface area contributed by atoms with E-state index in [2.05, 4.69) is 21.2 Å². The van der Waals surface area contributed by atoms with Crippen LogP contribution >= 0.6 is 50.7 Å². The van der Waals surface area contributed by atoms with Crippen LogP contribution in [0.5, 0.6) is 0 Å². The van der Waals surface area contributed by atoms with Crippen LogP contribution in [0.25, 0.3) is 0 Å². The predicted octanol–water partition coefficient (Wildman–Crippen LogP) is 6.72. The van der Waals surface area contributed by atoms with Crippen molar-refractivity contribution in [2.75, 3.05) is 5.32 Å². The predicted molar refractivity (Wildman–Crippen MR) is 87.6 cm³/mol. The van der Waals surface area contributed by atoms with E-state index in [1.807, 2.05) is 19.1 Å². The van der Waals surface area contributed by atoms with Crippen molar-refractivity contribution in [2.24, 2.45) is 0 Å². The third-order valence-electron chi connectivity index (χ3n) is 2.82. The highest BCUT2D eigenvalue weighted by Gasteiger charge is 2.15. The Bertz CT molecular complexity index is 625. The zero-order chi connectivity index (χ0) is 14.9. The molecule has 0 aliphatic rings. The number of nitrogens with one attached hydrogen (secondary N) is 1. The van der Waals surface area contributed by atoms with E-state index in [9.17, 15) is 4.39 Å². The number of hydrogen-bond acceptors (Lipinski definition) is 1. The number of halogens is 5. The summed E-state index contributed by atoms with van der Waals surface area (Å²) in [6, 6.07) is 7.88. The summed E-state index contributed by atoms with van der Waals surface area (Å²) in [4.78, 5) is 0. The van der Waals surface area contributed by atoms with Crippen LogP contribution in [0, 0.1) is 5.82 Å². The molecule has 0 heterocycles. The van der Waals surface area contributed by atoms with Gasteiger partial charge in [-0.15, -0.1) is 0 Å². The summed E-state index contributed by atoms with van der Waals surface area (Å²) in [5.74, 6) is -0.402. The first-order valence-electron chi connectivity index (χ1n) is 5.75. The molecule has 0 radical (unpaired) electrons. The first-order valence-corrected chi connectivity index (χ1v) is 7.68. The van der Waals surface area contributed by atoms with E-state index < -0.39 is 5.82 Å². The number of anilines is 1. The topological polar surface area (TPSA) is 12.0 Å². The summed E-state index contributed by atoms with van der Waals surface area (Å²) in [5.41, 5.74) is 1.45. The molecule has 1 nitrogen and oxygen atoms in total. The summed E-state index contributed by atoms with van der Waals surface area (Å²) < 4.78 is 13.8. The molecule has 106 valence electrons. The quantitative estimate of drug-likeness (QED) is 0.606. The minimum Gasteiger partial charge on any atom is -0.376 e. The van der Waals surface area contributed by atoms with Crippen LogP contribution in [0.2, 0.25) is 15.1 Å². The highest BCUT2D eigenvalue weighted by Crippen LogP contribution is 2.36. The lowest BCUT2D eigenvalue weighted by Crippen LogP contribution is -2.08. The summed E-state index contributed by atoms with van der Waals surface area (Å²) in [6.07, 6.45) is 0. The van der Waals surface area contributed by atoms with Gasteiger partial charge in [0.25, 0.3) is 0 Å². The van der Waals surface area contributed by atoms with Crippen LogP contribution in [0.4, 0.5) is 10.1 Å². The van der Waals surface area contributed by atoms with Crippen molar-refractivity contribution in [3.63, 3.8) is 0 Å². The summed E-state index contributed by atoms with van der Waals surface area (Å²) in [6.45, 7) is 1.92. The van der Waals surface area contributed by atoms with Crippen molar-refractivity contribution in [2.45, 2.75) is 13.0 Å². The summed E-state index contributed by atoms with van der Waals surface area (Å²) in [5, 5.41) is 4.47. The maximum atomic E-state index is 13.2. The van der Waals surface area contributed by atoms with Crippen molar-refractivity contribution in [1.29, 1.82) is 0 Å². The Labute approximate surface area is 140 Å². The average Bonchev–Trinajstić information content (AvgIpc) is 2.36. The van der Waals surface area contributed by atoms with Gasteiger partial charge in [0, 0.05) is 4.47 Å². The van der Waals surface area contributed by atoms with Gasteiger partial charge in [0.2, 0.25) is 0 Å². The molecule has 0 fully saturated rings. The van der Waals surface area contributed by atoms with Crippen molar-refractivity contribution in [3.05, 3.63) is 61.3 Å². The molecule has 0 aromatic heterocycles. The zero-order valence-electron chi connectivity index (χ0n) is 10.4. The monoisotopic (exact) mass is 395 g/mol. The fraction of sp³-hybridized carbons (Fsp3) is 0.143. The summed E-state index contributed by atoms with van der Waals surface area (Å²) >= 11 is 21.5. The Hall–Kier alpha value is -0.480. The third kappa shape index (κ3) is 3.40. The molecule has 20 heavy (non-hydrogen) atoms. The van der Waals surface area contributed by atoms with Gasteiger partial charge in [-0.05, 0) is 46.6 Å². The molecular weight excluding hydrogens is 387 g/mol. The molecule has 1 atom stereocenters. The molecule has 2 rings (SSSR count). The number of rotatable bonds is 3. The lowest BCUT2D eigenvalue weighted by Gasteiger charge is -2.19. The van der Waals surface area contributed by atoms with E-state index >= 15 is 0 Å². The van der Waals surface area contributed by atoms with Gasteiger partial charge in [0.05, 0.1) is 26.8 Å². The van der Waals surface area contributed by atoms with E-state index in [0.29, 0.717) is 25.2 Å². The van der Waals surface area contributed by atoms with Crippen LogP contribution in [-0.4, -0.2) is 0 Å². The molecule has 1 unspecified atom stereocenters. The Morgan fingerprint density at radius 1 is 1.15 bits per heavy atom. The van der Waals surface area contributed by atoms with Crippen molar-refractivity contribution < 1.29 is 4.39 Å². The van der Waals surface area contributed by atoms with E-state index in [1.54, 1.807) is 6.07 Å². The van der Waals surface area contributed by atoms with Crippen LogP contribution in [0.1, 0.15) is 18.5 Å². The first kappa shape index (κ1) is 15.9. The largest absolute Gasteiger partial charge is 0.376 e. The van der Waals surface area contributed by atoms with Crippen molar-refractivity contribution in [3.8, 4) is 0 Å². The minimum atomic E-state index is -0.402. The van der Waals surface area contributed by atoms with E-state index in [0.717, 1.165) is 5.56 Å². The molecule has 0 saturated heterocycles. The third-order valence-corrected chi connectivity index (χ3v) is 4.57. The van der Waals surface area contributed by atoms with Gasteiger partial charge >= 0.3 is 0 Å². The molecule has 6 heteroatoms. The SMILES string of the molecule is CC(Nc1c(Cl)cc(F)cc1Br)c1cccc(Cl)c1Cl. The lowest BCUT2D eigenvalue weighted by molar-refractivity contribution is 0.627. The average molecular weight is 398 g/mol. The van der Waals surface area contributed by atoms with Gasteiger partial charge in [-0.25, -0.2) is 4.39 Å². The Morgan fingerprint density at radius 2 is 1.85 bits per heavy atom. The lowest BCUT2D eigenvalue weighted by atomic mass is 10.1. The van der Waals surface area contributed by atoms with Gasteiger partial charge in [-0.2, -0.15) is 0 Å². The second-order valence-corrected chi connectivity index (χ2v) is 6.30. The molecule has 0 saturated carbocycles. The zero-order valence-corrected chi connectivity index (χ0v) is 14.2. The normalized spacial score (nSPS) is 12.3. The standard InChI is InChI=1S/C14H10BrCl3FN/c1-7(9-3-2-4-11(16)13(9)18)20-14-10(15)5-8(19)6-12(14)17/h2-7,20H,1H3. The maximum Gasteiger partial charge on any atom is 0.125 e. The number of benzene rings is 2. The maximum absolute atomic E-state index is 13.2. The van der Waals surface area contributed by atoms with Gasteiger partial charge in [-0.3, -0.25) is 0 Å². The molecular formula is C14H10BrCl3FN. The second-order valence-electron chi connectivity index (χ2n) is 4.25. The molecule has 2 aromatic carbocycles. The van der Waals surface area contributed by atoms with Gasteiger partial charge in [0.15, 0.2) is 0 Å². The van der Waals surface area contributed by atoms with E-state index in [1.165, 1.54) is 12.1 Å². The molecule has 0 bridgehead atoms. The molecule has 0 spiro atoms. The van der Waals surface area contributed by atoms with Crippen LogP contribution in [0.15, 0.2) is 34.8 Å². The smallest absolute Gasteiger partial charge is 0.125 e. The van der Waals surface area contributed by atoms with Gasteiger partial charge in [-0.1, -0.05) is 46.9 Å². The second kappa shape index (κ2) is 6.52. The molecule has 1 N–H and O–H groups in total. The summed E-state index contributed by atoms with van der Waals surface area (Å²) in [7, 11) is 0. The Kier molecular flexibility index (Phi) is 5.19. The highest BCUT2D eigenvalue weighted by molar-refractivity contribution is 9.10. The fourth-order valence-electron chi connectivity index (χ4n) is 1.83. The molecule has 0 amide bonds.